The van der Waals surface area contributed by atoms with Crippen molar-refractivity contribution in [2.75, 3.05) is 18.5 Å². The summed E-state index contributed by atoms with van der Waals surface area (Å²) in [5, 5.41) is 7.57. The van der Waals surface area contributed by atoms with E-state index in [4.69, 9.17) is 17.0 Å². The summed E-state index contributed by atoms with van der Waals surface area (Å²) in [6.07, 6.45) is 8.69. The van der Waals surface area contributed by atoms with Crippen molar-refractivity contribution >= 4 is 23.0 Å². The molecule has 2 N–H and O–H groups in total. The lowest BCUT2D eigenvalue weighted by molar-refractivity contribution is -0.0490. The predicted molar refractivity (Wildman–Crippen MR) is 102 cm³/mol. The van der Waals surface area contributed by atoms with E-state index in [9.17, 15) is 0 Å². The van der Waals surface area contributed by atoms with E-state index in [1.165, 1.54) is 38.5 Å². The molecule has 4 bridgehead atoms. The molecular formula is C20H28N2OS. The van der Waals surface area contributed by atoms with Gasteiger partial charge >= 0.3 is 0 Å². The molecule has 1 aromatic rings. The first kappa shape index (κ1) is 16.2. The lowest BCUT2D eigenvalue weighted by Gasteiger charge is -2.57. The van der Waals surface area contributed by atoms with Gasteiger partial charge in [0.25, 0.3) is 0 Å². The number of hydrogen-bond acceptors (Lipinski definition) is 2. The molecule has 3 nitrogen and oxygen atoms in total. The third kappa shape index (κ3) is 3.26. The quantitative estimate of drug-likeness (QED) is 0.766. The number of nitrogens with one attached hydrogen (secondary N) is 2. The molecule has 24 heavy (non-hydrogen) atoms. The lowest BCUT2D eigenvalue weighted by atomic mass is 9.49. The Morgan fingerprint density at radius 2 is 1.75 bits per heavy atom. The van der Waals surface area contributed by atoms with Crippen LogP contribution in [0.1, 0.15) is 45.4 Å². The molecule has 4 aliphatic carbocycles. The Labute approximate surface area is 150 Å². The summed E-state index contributed by atoms with van der Waals surface area (Å²) in [5.74, 6) is 3.81. The normalized spacial score (nSPS) is 33.3. The Balaban J connectivity index is 1.36. The van der Waals surface area contributed by atoms with Gasteiger partial charge < -0.3 is 15.4 Å². The van der Waals surface area contributed by atoms with Gasteiger partial charge in [-0.2, -0.15) is 0 Å². The van der Waals surface area contributed by atoms with Gasteiger partial charge in [0.15, 0.2) is 5.11 Å². The van der Waals surface area contributed by atoms with Crippen LogP contribution in [0.15, 0.2) is 24.3 Å². The standard InChI is InChI=1S/C20H28N2OS/c1-2-23-18-6-4-3-5-17(18)22-19(24)21-13-20-10-14-7-15(11-20)9-16(8-14)12-20/h3-6,14-16H,2,7-13H2,1H3,(H2,21,22,24). The summed E-state index contributed by atoms with van der Waals surface area (Å²) in [6, 6.07) is 7.99. The molecule has 0 amide bonds. The van der Waals surface area contributed by atoms with Crippen molar-refractivity contribution in [2.45, 2.75) is 45.4 Å². The molecule has 0 saturated heterocycles. The van der Waals surface area contributed by atoms with E-state index in [2.05, 4.69) is 10.6 Å². The van der Waals surface area contributed by atoms with Crippen LogP contribution >= 0.6 is 12.2 Å². The number of benzene rings is 1. The highest BCUT2D eigenvalue weighted by molar-refractivity contribution is 7.80. The van der Waals surface area contributed by atoms with Crippen LogP contribution < -0.4 is 15.4 Å². The van der Waals surface area contributed by atoms with Gasteiger partial charge in [0, 0.05) is 6.54 Å². The van der Waals surface area contributed by atoms with Gasteiger partial charge in [0.2, 0.25) is 0 Å². The van der Waals surface area contributed by atoms with Crippen molar-refractivity contribution in [3.05, 3.63) is 24.3 Å². The number of para-hydroxylation sites is 2. The zero-order valence-corrected chi connectivity index (χ0v) is 15.3. The molecular weight excluding hydrogens is 316 g/mol. The molecule has 0 radical (unpaired) electrons. The Bertz CT molecular complexity index is 580. The van der Waals surface area contributed by atoms with Crippen molar-refractivity contribution in [1.82, 2.24) is 5.32 Å². The third-order valence-corrected chi connectivity index (χ3v) is 6.47. The van der Waals surface area contributed by atoms with Gasteiger partial charge in [0.05, 0.1) is 12.3 Å². The Hall–Kier alpha value is -1.29. The van der Waals surface area contributed by atoms with Crippen LogP contribution in [0, 0.1) is 23.2 Å². The van der Waals surface area contributed by atoms with Crippen molar-refractivity contribution < 1.29 is 4.74 Å². The van der Waals surface area contributed by atoms with Gasteiger partial charge in [-0.3, -0.25) is 0 Å². The number of rotatable bonds is 5. The lowest BCUT2D eigenvalue weighted by Crippen LogP contribution is -2.51. The molecule has 0 aromatic heterocycles. The maximum absolute atomic E-state index is 5.67. The van der Waals surface area contributed by atoms with E-state index in [0.717, 1.165) is 40.8 Å². The van der Waals surface area contributed by atoms with Gasteiger partial charge in [-0.15, -0.1) is 0 Å². The third-order valence-electron chi connectivity index (χ3n) is 6.22. The van der Waals surface area contributed by atoms with Gasteiger partial charge in [0.1, 0.15) is 5.75 Å². The highest BCUT2D eigenvalue weighted by Gasteiger charge is 2.50. The molecule has 4 saturated carbocycles. The molecule has 4 aliphatic rings. The number of thiocarbonyl (C=S) groups is 1. The highest BCUT2D eigenvalue weighted by Crippen LogP contribution is 2.59. The molecule has 0 heterocycles. The summed E-state index contributed by atoms with van der Waals surface area (Å²) < 4.78 is 5.67. The first-order valence-corrected chi connectivity index (χ1v) is 9.83. The average molecular weight is 345 g/mol. The summed E-state index contributed by atoms with van der Waals surface area (Å²) in [6.45, 7) is 3.69. The predicted octanol–water partition coefficient (Wildman–Crippen LogP) is 4.59. The number of hydrogen-bond donors (Lipinski definition) is 2. The Kier molecular flexibility index (Phi) is 4.42. The first-order chi connectivity index (χ1) is 11.7. The molecule has 4 heteroatoms. The van der Waals surface area contributed by atoms with Crippen LogP contribution in [0.25, 0.3) is 0 Å². The Morgan fingerprint density at radius 1 is 1.12 bits per heavy atom. The van der Waals surface area contributed by atoms with Crippen LogP contribution in [0.5, 0.6) is 5.75 Å². The minimum Gasteiger partial charge on any atom is -0.492 e. The fraction of sp³-hybridized carbons (Fsp3) is 0.650. The SMILES string of the molecule is CCOc1ccccc1NC(=S)NCC12CC3CC(CC(C3)C1)C2. The highest BCUT2D eigenvalue weighted by atomic mass is 32.1. The van der Waals surface area contributed by atoms with Crippen LogP contribution in [0.2, 0.25) is 0 Å². The summed E-state index contributed by atoms with van der Waals surface area (Å²) in [5.41, 5.74) is 1.45. The van der Waals surface area contributed by atoms with Gasteiger partial charge in [-0.25, -0.2) is 0 Å². The maximum atomic E-state index is 5.67. The van der Waals surface area contributed by atoms with E-state index in [1.807, 2.05) is 31.2 Å². The molecule has 0 unspecified atom stereocenters. The van der Waals surface area contributed by atoms with Gasteiger partial charge in [-0.1, -0.05) is 12.1 Å². The first-order valence-electron chi connectivity index (χ1n) is 9.42. The second kappa shape index (κ2) is 6.55. The zero-order valence-electron chi connectivity index (χ0n) is 14.5. The van der Waals surface area contributed by atoms with Crippen molar-refractivity contribution in [3.8, 4) is 5.75 Å². The van der Waals surface area contributed by atoms with Crippen LogP contribution in [-0.4, -0.2) is 18.3 Å². The average Bonchev–Trinajstić information content (AvgIpc) is 2.54. The molecule has 1 aromatic carbocycles. The molecule has 0 aliphatic heterocycles. The molecule has 4 fully saturated rings. The zero-order chi connectivity index (χ0) is 16.6. The topological polar surface area (TPSA) is 33.3 Å². The largest absolute Gasteiger partial charge is 0.492 e. The minimum atomic E-state index is 0.500. The molecule has 0 atom stereocenters. The van der Waals surface area contributed by atoms with Gasteiger partial charge in [-0.05, 0) is 93.0 Å². The number of ether oxygens (including phenoxy) is 1. The summed E-state index contributed by atoms with van der Waals surface area (Å²) in [7, 11) is 0. The Morgan fingerprint density at radius 3 is 2.38 bits per heavy atom. The van der Waals surface area contributed by atoms with E-state index < -0.39 is 0 Å². The van der Waals surface area contributed by atoms with Crippen LogP contribution in [-0.2, 0) is 0 Å². The number of anilines is 1. The summed E-state index contributed by atoms with van der Waals surface area (Å²) >= 11 is 5.56. The van der Waals surface area contributed by atoms with Crippen LogP contribution in [0.4, 0.5) is 5.69 Å². The maximum Gasteiger partial charge on any atom is 0.170 e. The monoisotopic (exact) mass is 344 g/mol. The van der Waals surface area contributed by atoms with E-state index in [1.54, 1.807) is 0 Å². The fourth-order valence-corrected chi connectivity index (χ4v) is 5.97. The minimum absolute atomic E-state index is 0.500. The molecule has 5 rings (SSSR count). The van der Waals surface area contributed by atoms with E-state index in [0.29, 0.717) is 12.0 Å². The second-order valence-corrected chi connectivity index (χ2v) is 8.56. The van der Waals surface area contributed by atoms with Crippen molar-refractivity contribution in [1.29, 1.82) is 0 Å². The summed E-state index contributed by atoms with van der Waals surface area (Å²) in [4.78, 5) is 0. The van der Waals surface area contributed by atoms with Crippen molar-refractivity contribution in [3.63, 3.8) is 0 Å². The smallest absolute Gasteiger partial charge is 0.170 e. The molecule has 130 valence electrons. The van der Waals surface area contributed by atoms with Crippen molar-refractivity contribution in [2.24, 2.45) is 23.2 Å². The van der Waals surface area contributed by atoms with E-state index in [-0.39, 0.29) is 0 Å². The van der Waals surface area contributed by atoms with E-state index >= 15 is 0 Å². The van der Waals surface area contributed by atoms with Crippen LogP contribution in [0.3, 0.4) is 0 Å². The molecule has 0 spiro atoms. The second-order valence-electron chi connectivity index (χ2n) is 8.15. The fourth-order valence-electron chi connectivity index (χ4n) is 5.79.